The average Bonchev–Trinajstić information content (AvgIpc) is 3.23. The smallest absolute Gasteiger partial charge is 0.407 e. The van der Waals surface area contributed by atoms with Crippen LogP contribution in [-0.4, -0.2) is 53.4 Å². The lowest BCUT2D eigenvalue weighted by atomic mass is 10.0. The van der Waals surface area contributed by atoms with E-state index in [1.807, 2.05) is 31.2 Å². The van der Waals surface area contributed by atoms with Crippen molar-refractivity contribution in [2.75, 3.05) is 13.1 Å². The quantitative estimate of drug-likeness (QED) is 0.282. The Hall–Kier alpha value is -4.08. The van der Waals surface area contributed by atoms with E-state index in [9.17, 15) is 18.8 Å². The molecule has 4 N–H and O–H groups in total. The van der Waals surface area contributed by atoms with Gasteiger partial charge in [-0.2, -0.15) is 0 Å². The molecule has 0 saturated heterocycles. The number of hydrogen-bond acceptors (Lipinski definition) is 5. The van der Waals surface area contributed by atoms with E-state index >= 15 is 0 Å². The Morgan fingerprint density at radius 3 is 2.08 bits per heavy atom. The summed E-state index contributed by atoms with van der Waals surface area (Å²) in [6.07, 6.45) is -1.23. The SMILES string of the molecule is CC(CNC(=O)OC(C)(C)C)[C@@H](CNC(=O)c1[nH]c2ccccc2c1-c1ccc(F)cc1)NC(=O)OC(C)(C)C. The van der Waals surface area contributed by atoms with Crippen LogP contribution >= 0.6 is 0 Å². The highest BCUT2D eigenvalue weighted by Gasteiger charge is 2.27. The summed E-state index contributed by atoms with van der Waals surface area (Å²) in [7, 11) is 0. The van der Waals surface area contributed by atoms with E-state index in [2.05, 4.69) is 20.9 Å². The number of ether oxygens (including phenoxy) is 2. The van der Waals surface area contributed by atoms with Crippen molar-refractivity contribution in [1.29, 1.82) is 0 Å². The zero-order chi connectivity index (χ0) is 29.7. The van der Waals surface area contributed by atoms with E-state index in [1.165, 1.54) is 12.1 Å². The molecule has 3 amide bonds. The first-order valence-electron chi connectivity index (χ1n) is 13.2. The van der Waals surface area contributed by atoms with Gasteiger partial charge in [-0.15, -0.1) is 0 Å². The van der Waals surface area contributed by atoms with Crippen molar-refractivity contribution < 1.29 is 28.2 Å². The number of rotatable bonds is 8. The largest absolute Gasteiger partial charge is 0.444 e. The van der Waals surface area contributed by atoms with Gasteiger partial charge in [0.2, 0.25) is 0 Å². The molecule has 1 unspecified atom stereocenters. The molecule has 0 bridgehead atoms. The minimum Gasteiger partial charge on any atom is -0.444 e. The van der Waals surface area contributed by atoms with Gasteiger partial charge in [0.05, 0.1) is 6.04 Å². The summed E-state index contributed by atoms with van der Waals surface area (Å²) >= 11 is 0. The number of alkyl carbamates (subject to hydrolysis) is 2. The maximum absolute atomic E-state index is 13.6. The van der Waals surface area contributed by atoms with Gasteiger partial charge >= 0.3 is 12.2 Å². The third-order valence-corrected chi connectivity index (χ3v) is 5.90. The number of aromatic amines is 1. The summed E-state index contributed by atoms with van der Waals surface area (Å²) < 4.78 is 24.3. The van der Waals surface area contributed by atoms with Gasteiger partial charge in [0, 0.05) is 29.6 Å². The number of carbonyl (C=O) groups is 3. The van der Waals surface area contributed by atoms with Crippen LogP contribution in [0.1, 0.15) is 59.0 Å². The van der Waals surface area contributed by atoms with Crippen molar-refractivity contribution in [2.45, 2.75) is 65.7 Å². The second-order valence-electron chi connectivity index (χ2n) is 11.8. The standard InChI is InChI=1S/C30H39FN4O5/c1-18(16-33-27(37)39-29(2,3)4)23(35-28(38)40-30(5,6)7)17-32-26(36)25-24(19-12-14-20(31)15-13-19)21-10-8-9-11-22(21)34-25/h8-15,18,23,34H,16-17H2,1-7H3,(H,32,36)(H,33,37)(H,35,38)/t18?,23-/m1/s1. The molecule has 9 nitrogen and oxygen atoms in total. The molecule has 3 aromatic rings. The second kappa shape index (κ2) is 12.4. The number of hydrogen-bond donors (Lipinski definition) is 4. The molecule has 2 aromatic carbocycles. The van der Waals surface area contributed by atoms with Crippen LogP contribution < -0.4 is 16.0 Å². The number of H-pyrrole nitrogens is 1. The van der Waals surface area contributed by atoms with E-state index in [-0.39, 0.29) is 24.8 Å². The predicted molar refractivity (Wildman–Crippen MR) is 153 cm³/mol. The maximum atomic E-state index is 13.6. The van der Waals surface area contributed by atoms with Gasteiger partial charge in [-0.3, -0.25) is 4.79 Å². The number of amides is 3. The minimum absolute atomic E-state index is 0.0491. The van der Waals surface area contributed by atoms with Crippen LogP contribution in [0.4, 0.5) is 14.0 Å². The van der Waals surface area contributed by atoms with Gasteiger partial charge in [0.15, 0.2) is 0 Å². The summed E-state index contributed by atoms with van der Waals surface area (Å²) in [6, 6.07) is 12.8. The van der Waals surface area contributed by atoms with E-state index in [4.69, 9.17) is 9.47 Å². The van der Waals surface area contributed by atoms with E-state index in [0.29, 0.717) is 16.8 Å². The summed E-state index contributed by atoms with van der Waals surface area (Å²) in [5.74, 6) is -1.09. The van der Waals surface area contributed by atoms with Crippen LogP contribution in [-0.2, 0) is 9.47 Å². The molecule has 0 spiro atoms. The van der Waals surface area contributed by atoms with Gasteiger partial charge in [0.1, 0.15) is 22.7 Å². The number of fused-ring (bicyclic) bond motifs is 1. The fourth-order valence-corrected chi connectivity index (χ4v) is 4.07. The highest BCUT2D eigenvalue weighted by molar-refractivity contribution is 6.09. The first kappa shape index (κ1) is 30.5. The van der Waals surface area contributed by atoms with Crippen molar-refractivity contribution in [3.63, 3.8) is 0 Å². The van der Waals surface area contributed by atoms with Gasteiger partial charge < -0.3 is 30.4 Å². The number of aromatic nitrogens is 1. The molecule has 10 heteroatoms. The number of benzene rings is 2. The van der Waals surface area contributed by atoms with Crippen molar-refractivity contribution >= 4 is 29.0 Å². The fourth-order valence-electron chi connectivity index (χ4n) is 4.07. The van der Waals surface area contributed by atoms with E-state index < -0.39 is 35.3 Å². The molecule has 0 radical (unpaired) electrons. The van der Waals surface area contributed by atoms with Crippen LogP contribution in [0.25, 0.3) is 22.0 Å². The first-order chi connectivity index (χ1) is 18.6. The normalized spacial score (nSPS) is 13.3. The van der Waals surface area contributed by atoms with Gasteiger partial charge in [-0.1, -0.05) is 37.3 Å². The number of nitrogens with one attached hydrogen (secondary N) is 4. The summed E-state index contributed by atoms with van der Waals surface area (Å²) in [4.78, 5) is 41.4. The van der Waals surface area contributed by atoms with Crippen LogP contribution in [0.5, 0.6) is 0 Å². The molecule has 0 aliphatic rings. The Kier molecular flexibility index (Phi) is 9.44. The summed E-state index contributed by atoms with van der Waals surface area (Å²) in [6.45, 7) is 12.6. The average molecular weight is 555 g/mol. The topological polar surface area (TPSA) is 122 Å². The third kappa shape index (κ3) is 8.72. The molecular weight excluding hydrogens is 515 g/mol. The highest BCUT2D eigenvalue weighted by atomic mass is 19.1. The Morgan fingerprint density at radius 2 is 1.45 bits per heavy atom. The zero-order valence-corrected chi connectivity index (χ0v) is 24.1. The van der Waals surface area contributed by atoms with Crippen LogP contribution in [0.3, 0.4) is 0 Å². The molecular formula is C30H39FN4O5. The van der Waals surface area contributed by atoms with Crippen molar-refractivity contribution in [3.8, 4) is 11.1 Å². The molecule has 0 aliphatic carbocycles. The molecule has 0 fully saturated rings. The van der Waals surface area contributed by atoms with Gasteiger partial charge in [-0.05, 0) is 71.2 Å². The minimum atomic E-state index is -0.718. The summed E-state index contributed by atoms with van der Waals surface area (Å²) in [5.41, 5.74) is 1.02. The molecule has 0 aliphatic heterocycles. The van der Waals surface area contributed by atoms with Crippen molar-refractivity contribution in [3.05, 3.63) is 60.0 Å². The zero-order valence-electron chi connectivity index (χ0n) is 24.1. The van der Waals surface area contributed by atoms with E-state index in [0.717, 1.165) is 10.9 Å². The molecule has 1 heterocycles. The summed E-state index contributed by atoms with van der Waals surface area (Å²) in [5, 5.41) is 9.24. The molecule has 0 saturated carbocycles. The molecule has 216 valence electrons. The van der Waals surface area contributed by atoms with Gasteiger partial charge in [-0.25, -0.2) is 14.0 Å². The third-order valence-electron chi connectivity index (χ3n) is 5.90. The Balaban J connectivity index is 1.80. The highest BCUT2D eigenvalue weighted by Crippen LogP contribution is 2.32. The number of para-hydroxylation sites is 1. The second-order valence-corrected chi connectivity index (χ2v) is 11.8. The molecule has 2 atom stereocenters. The van der Waals surface area contributed by atoms with Gasteiger partial charge in [0.25, 0.3) is 5.91 Å². The fraction of sp³-hybridized carbons (Fsp3) is 0.433. The maximum Gasteiger partial charge on any atom is 0.407 e. The lowest BCUT2D eigenvalue weighted by molar-refractivity contribution is 0.0476. The van der Waals surface area contributed by atoms with Crippen molar-refractivity contribution in [1.82, 2.24) is 20.9 Å². The lowest BCUT2D eigenvalue weighted by Gasteiger charge is -2.28. The number of carbonyl (C=O) groups excluding carboxylic acids is 3. The lowest BCUT2D eigenvalue weighted by Crippen LogP contribution is -2.51. The molecule has 1 aromatic heterocycles. The van der Waals surface area contributed by atoms with Crippen LogP contribution in [0.2, 0.25) is 0 Å². The Labute approximate surface area is 234 Å². The van der Waals surface area contributed by atoms with Crippen molar-refractivity contribution in [2.24, 2.45) is 5.92 Å². The molecule has 40 heavy (non-hydrogen) atoms. The van der Waals surface area contributed by atoms with Crippen LogP contribution in [0.15, 0.2) is 48.5 Å². The number of halogens is 1. The first-order valence-corrected chi connectivity index (χ1v) is 13.2. The van der Waals surface area contributed by atoms with E-state index in [1.54, 1.807) is 53.7 Å². The molecule has 3 rings (SSSR count). The predicted octanol–water partition coefficient (Wildman–Crippen LogP) is 5.76. The Morgan fingerprint density at radius 1 is 0.850 bits per heavy atom. The Bertz CT molecular complexity index is 1340. The van der Waals surface area contributed by atoms with Crippen LogP contribution in [0, 0.1) is 11.7 Å². The monoisotopic (exact) mass is 554 g/mol.